The summed E-state index contributed by atoms with van der Waals surface area (Å²) in [4.78, 5) is 29.3. The Morgan fingerprint density at radius 3 is 2.58 bits per heavy atom. The van der Waals surface area contributed by atoms with Gasteiger partial charge in [-0.15, -0.1) is 0 Å². The lowest BCUT2D eigenvalue weighted by Crippen LogP contribution is -2.43. The van der Waals surface area contributed by atoms with Crippen molar-refractivity contribution in [1.29, 1.82) is 0 Å². The molecule has 0 aromatic heterocycles. The van der Waals surface area contributed by atoms with Gasteiger partial charge in [0.25, 0.3) is 5.91 Å². The minimum Gasteiger partial charge on any atom is -0.496 e. The van der Waals surface area contributed by atoms with Gasteiger partial charge in [0.05, 0.1) is 28.2 Å². The molecule has 33 heavy (non-hydrogen) atoms. The fourth-order valence-electron chi connectivity index (χ4n) is 3.60. The number of rotatable bonds is 6. The van der Waals surface area contributed by atoms with Gasteiger partial charge in [0, 0.05) is 4.90 Å². The van der Waals surface area contributed by atoms with E-state index in [4.69, 9.17) is 4.74 Å². The Labute approximate surface area is 206 Å². The fraction of sp³-hybridized carbons (Fsp3) is 0.154. The molecule has 168 valence electrons. The molecule has 0 fully saturated rings. The first-order chi connectivity index (χ1) is 16.0. The first-order valence-electron chi connectivity index (χ1n) is 10.4. The number of halogens is 1. The zero-order valence-electron chi connectivity index (χ0n) is 18.2. The lowest BCUT2D eigenvalue weighted by Gasteiger charge is -2.30. The van der Waals surface area contributed by atoms with Crippen molar-refractivity contribution >= 4 is 51.3 Å². The van der Waals surface area contributed by atoms with Crippen LogP contribution in [0.4, 0.5) is 5.69 Å². The number of anilines is 1. The monoisotopic (exact) mass is 522 g/mol. The molecule has 2 amide bonds. The van der Waals surface area contributed by atoms with Crippen molar-refractivity contribution in [3.8, 4) is 5.75 Å². The molecule has 0 radical (unpaired) electrons. The second-order valence-electron chi connectivity index (χ2n) is 7.56. The zero-order valence-corrected chi connectivity index (χ0v) is 20.7. The Balaban J connectivity index is 1.58. The number of amides is 2. The molecule has 1 N–H and O–H groups in total. The highest BCUT2D eigenvalue weighted by molar-refractivity contribution is 9.10. The summed E-state index contributed by atoms with van der Waals surface area (Å²) >= 11 is 4.90. The molecule has 7 heteroatoms. The van der Waals surface area contributed by atoms with Crippen molar-refractivity contribution in [2.75, 3.05) is 18.6 Å². The second-order valence-corrected chi connectivity index (χ2v) is 9.50. The minimum atomic E-state index is -0.215. The third-order valence-corrected chi connectivity index (χ3v) is 6.98. The van der Waals surface area contributed by atoms with Gasteiger partial charge in [0.2, 0.25) is 5.91 Å². The number of fused-ring (bicyclic) bond motifs is 1. The van der Waals surface area contributed by atoms with Crippen LogP contribution in [0.25, 0.3) is 6.08 Å². The van der Waals surface area contributed by atoms with Crippen LogP contribution in [0.3, 0.4) is 0 Å². The summed E-state index contributed by atoms with van der Waals surface area (Å²) < 4.78 is 6.09. The first kappa shape index (κ1) is 23.1. The van der Waals surface area contributed by atoms with E-state index in [2.05, 4.69) is 21.2 Å². The smallest absolute Gasteiger partial charge is 0.265 e. The van der Waals surface area contributed by atoms with E-state index in [0.717, 1.165) is 31.9 Å². The van der Waals surface area contributed by atoms with E-state index in [-0.39, 0.29) is 24.4 Å². The summed E-state index contributed by atoms with van der Waals surface area (Å²) in [6.45, 7) is 1.87. The SMILES string of the molecule is COc1ccc(/C=C2/Sc3ccccc3N(CC(=O)N[C@@H](C)c3ccccc3)C2=O)cc1Br. The number of methoxy groups -OCH3 is 1. The van der Waals surface area contributed by atoms with Gasteiger partial charge in [0.15, 0.2) is 0 Å². The number of benzene rings is 3. The van der Waals surface area contributed by atoms with E-state index in [9.17, 15) is 9.59 Å². The molecule has 0 saturated heterocycles. The number of thioether (sulfide) groups is 1. The van der Waals surface area contributed by atoms with Crippen molar-refractivity contribution in [3.05, 3.63) is 93.3 Å². The molecule has 0 spiro atoms. The molecular weight excluding hydrogens is 500 g/mol. The molecule has 0 saturated carbocycles. The third kappa shape index (κ3) is 5.31. The predicted molar refractivity (Wildman–Crippen MR) is 136 cm³/mol. The Morgan fingerprint density at radius 1 is 1.12 bits per heavy atom. The van der Waals surface area contributed by atoms with Gasteiger partial charge in [0.1, 0.15) is 12.3 Å². The van der Waals surface area contributed by atoms with E-state index < -0.39 is 0 Å². The van der Waals surface area contributed by atoms with Gasteiger partial charge in [-0.1, -0.05) is 60.3 Å². The molecular formula is C26H23BrN2O3S. The number of nitrogens with one attached hydrogen (secondary N) is 1. The summed E-state index contributed by atoms with van der Waals surface area (Å²) in [5.41, 5.74) is 2.61. The molecule has 1 aliphatic rings. The number of para-hydroxylation sites is 1. The Hall–Kier alpha value is -3.03. The highest BCUT2D eigenvalue weighted by Crippen LogP contribution is 2.42. The molecule has 1 heterocycles. The zero-order chi connectivity index (χ0) is 23.4. The average molecular weight is 523 g/mol. The number of carbonyl (C=O) groups excluding carboxylic acids is 2. The quantitative estimate of drug-likeness (QED) is 0.414. The molecule has 4 rings (SSSR count). The van der Waals surface area contributed by atoms with Crippen LogP contribution in [-0.4, -0.2) is 25.5 Å². The van der Waals surface area contributed by atoms with Crippen LogP contribution in [0.1, 0.15) is 24.1 Å². The summed E-state index contributed by atoms with van der Waals surface area (Å²) in [6, 6.07) is 22.9. The third-order valence-electron chi connectivity index (χ3n) is 5.28. The Kier molecular flexibility index (Phi) is 7.20. The van der Waals surface area contributed by atoms with Gasteiger partial charge in [-0.3, -0.25) is 14.5 Å². The second kappa shape index (κ2) is 10.3. The highest BCUT2D eigenvalue weighted by atomic mass is 79.9. The Bertz CT molecular complexity index is 1210. The average Bonchev–Trinajstić information content (AvgIpc) is 2.82. The number of hydrogen-bond acceptors (Lipinski definition) is 4. The minimum absolute atomic E-state index is 0.0583. The van der Waals surface area contributed by atoms with E-state index in [1.165, 1.54) is 11.8 Å². The van der Waals surface area contributed by atoms with Crippen molar-refractivity contribution in [2.24, 2.45) is 0 Å². The van der Waals surface area contributed by atoms with Crippen molar-refractivity contribution < 1.29 is 14.3 Å². The van der Waals surface area contributed by atoms with Gasteiger partial charge in [-0.2, -0.15) is 0 Å². The largest absolute Gasteiger partial charge is 0.496 e. The van der Waals surface area contributed by atoms with Crippen LogP contribution in [0.15, 0.2) is 87.1 Å². The molecule has 0 unspecified atom stereocenters. The summed E-state index contributed by atoms with van der Waals surface area (Å²) in [5, 5.41) is 3.00. The fourth-order valence-corrected chi connectivity index (χ4v) is 5.22. The lowest BCUT2D eigenvalue weighted by molar-refractivity contribution is -0.122. The van der Waals surface area contributed by atoms with E-state index in [1.54, 1.807) is 12.0 Å². The number of nitrogens with zero attached hydrogens (tertiary/aromatic N) is 1. The van der Waals surface area contributed by atoms with E-state index in [0.29, 0.717) is 4.91 Å². The number of carbonyl (C=O) groups is 2. The molecule has 3 aromatic rings. The van der Waals surface area contributed by atoms with Crippen LogP contribution >= 0.6 is 27.7 Å². The predicted octanol–water partition coefficient (Wildman–Crippen LogP) is 5.81. The summed E-state index contributed by atoms with van der Waals surface area (Å²) in [5.74, 6) is 0.303. The van der Waals surface area contributed by atoms with Crippen LogP contribution < -0.4 is 15.0 Å². The normalized spacial score (nSPS) is 15.2. The van der Waals surface area contributed by atoms with Crippen LogP contribution in [0, 0.1) is 0 Å². The van der Waals surface area contributed by atoms with Crippen molar-refractivity contribution in [1.82, 2.24) is 5.32 Å². The number of ether oxygens (including phenoxy) is 1. The van der Waals surface area contributed by atoms with Crippen LogP contribution in [-0.2, 0) is 9.59 Å². The molecule has 0 aliphatic carbocycles. The number of hydrogen-bond donors (Lipinski definition) is 1. The van der Waals surface area contributed by atoms with Gasteiger partial charge >= 0.3 is 0 Å². The van der Waals surface area contributed by atoms with Crippen molar-refractivity contribution in [3.63, 3.8) is 0 Å². The van der Waals surface area contributed by atoms with E-state index >= 15 is 0 Å². The maximum absolute atomic E-state index is 13.4. The molecule has 1 atom stereocenters. The topological polar surface area (TPSA) is 58.6 Å². The van der Waals surface area contributed by atoms with Crippen LogP contribution in [0.5, 0.6) is 5.75 Å². The summed E-state index contributed by atoms with van der Waals surface area (Å²) in [7, 11) is 1.61. The van der Waals surface area contributed by atoms with Crippen molar-refractivity contribution in [2.45, 2.75) is 17.9 Å². The maximum atomic E-state index is 13.4. The maximum Gasteiger partial charge on any atom is 0.265 e. The molecule has 5 nitrogen and oxygen atoms in total. The molecule has 1 aliphatic heterocycles. The van der Waals surface area contributed by atoms with E-state index in [1.807, 2.05) is 85.8 Å². The van der Waals surface area contributed by atoms with Gasteiger partial charge in [-0.05, 0) is 64.3 Å². The highest BCUT2D eigenvalue weighted by Gasteiger charge is 2.30. The van der Waals surface area contributed by atoms with Crippen LogP contribution in [0.2, 0.25) is 0 Å². The summed E-state index contributed by atoms with van der Waals surface area (Å²) in [6.07, 6.45) is 1.84. The molecule has 3 aromatic carbocycles. The Morgan fingerprint density at radius 2 is 1.85 bits per heavy atom. The first-order valence-corrected chi connectivity index (χ1v) is 12.1. The van der Waals surface area contributed by atoms with Gasteiger partial charge < -0.3 is 10.1 Å². The lowest BCUT2D eigenvalue weighted by atomic mass is 10.1. The van der Waals surface area contributed by atoms with Gasteiger partial charge in [-0.25, -0.2) is 0 Å². The molecule has 0 bridgehead atoms. The standard InChI is InChI=1S/C26H23BrN2O3S/c1-17(19-8-4-3-5-9-19)28-25(30)16-29-21-10-6-7-11-23(21)33-24(26(29)31)15-18-12-13-22(32-2)20(27)14-18/h3-15,17H,16H2,1-2H3,(H,28,30)/b24-15+/t17-/m0/s1.